The number of benzene rings is 1. The van der Waals surface area contributed by atoms with Gasteiger partial charge in [-0.3, -0.25) is 0 Å². The number of carbonyl (C=O) groups is 1. The molecule has 0 saturated heterocycles. The first kappa shape index (κ1) is 11.4. The van der Waals surface area contributed by atoms with Crippen molar-refractivity contribution in [2.45, 2.75) is 19.8 Å². The molecule has 0 bridgehead atoms. The van der Waals surface area contributed by atoms with Crippen molar-refractivity contribution in [3.05, 3.63) is 30.3 Å². The van der Waals surface area contributed by atoms with Gasteiger partial charge in [-0.25, -0.2) is 9.79 Å². The minimum Gasteiger partial charge on any atom is -0.461 e. The number of rotatable bonds is 5. The predicted molar refractivity (Wildman–Crippen MR) is 60.5 cm³/mol. The molecule has 0 heterocycles. The zero-order valence-electron chi connectivity index (χ0n) is 8.85. The van der Waals surface area contributed by atoms with E-state index in [1.165, 1.54) is 6.21 Å². The minimum atomic E-state index is -0.382. The van der Waals surface area contributed by atoms with Crippen molar-refractivity contribution in [2.75, 3.05) is 6.61 Å². The molecule has 3 nitrogen and oxygen atoms in total. The first-order valence-electron chi connectivity index (χ1n) is 5.09. The minimum absolute atomic E-state index is 0.382. The van der Waals surface area contributed by atoms with Crippen molar-refractivity contribution in [3.8, 4) is 0 Å². The SMILES string of the molecule is CCCCOC(=O)C=Nc1ccccc1. The molecule has 0 atom stereocenters. The highest BCUT2D eigenvalue weighted by Crippen LogP contribution is 2.08. The number of hydrogen-bond acceptors (Lipinski definition) is 3. The highest BCUT2D eigenvalue weighted by Gasteiger charge is 1.96. The number of para-hydroxylation sites is 1. The van der Waals surface area contributed by atoms with E-state index in [1.807, 2.05) is 37.3 Å². The lowest BCUT2D eigenvalue weighted by atomic mass is 10.3. The van der Waals surface area contributed by atoms with Crippen LogP contribution in [-0.4, -0.2) is 18.8 Å². The molecule has 0 amide bonds. The van der Waals surface area contributed by atoms with E-state index >= 15 is 0 Å². The van der Waals surface area contributed by atoms with Crippen LogP contribution in [0.15, 0.2) is 35.3 Å². The average Bonchev–Trinajstić information content (AvgIpc) is 2.28. The molecule has 1 aromatic rings. The molecule has 0 N–H and O–H groups in total. The Balaban J connectivity index is 2.34. The van der Waals surface area contributed by atoms with E-state index in [0.717, 1.165) is 18.5 Å². The highest BCUT2D eigenvalue weighted by atomic mass is 16.5. The maximum absolute atomic E-state index is 11.1. The number of esters is 1. The Labute approximate surface area is 89.8 Å². The third kappa shape index (κ3) is 4.96. The van der Waals surface area contributed by atoms with Crippen LogP contribution in [0, 0.1) is 0 Å². The summed E-state index contributed by atoms with van der Waals surface area (Å²) in [5, 5.41) is 0. The second kappa shape index (κ2) is 6.76. The number of carbonyl (C=O) groups excluding carboxylic acids is 1. The zero-order valence-corrected chi connectivity index (χ0v) is 8.85. The fourth-order valence-corrected chi connectivity index (χ4v) is 0.996. The van der Waals surface area contributed by atoms with Crippen molar-refractivity contribution in [3.63, 3.8) is 0 Å². The summed E-state index contributed by atoms with van der Waals surface area (Å²) < 4.78 is 4.92. The Morgan fingerprint density at radius 3 is 2.80 bits per heavy atom. The summed E-state index contributed by atoms with van der Waals surface area (Å²) in [6.45, 7) is 2.52. The van der Waals surface area contributed by atoms with Gasteiger partial charge in [0.1, 0.15) is 6.21 Å². The van der Waals surface area contributed by atoms with Crippen LogP contribution in [0.25, 0.3) is 0 Å². The van der Waals surface area contributed by atoms with E-state index in [4.69, 9.17) is 4.74 Å². The summed E-state index contributed by atoms with van der Waals surface area (Å²) in [6, 6.07) is 9.30. The smallest absolute Gasteiger partial charge is 0.349 e. The van der Waals surface area contributed by atoms with Crippen molar-refractivity contribution < 1.29 is 9.53 Å². The van der Waals surface area contributed by atoms with Gasteiger partial charge in [-0.05, 0) is 18.6 Å². The second-order valence-corrected chi connectivity index (χ2v) is 3.11. The first-order valence-corrected chi connectivity index (χ1v) is 5.09. The molecule has 0 aliphatic carbocycles. The van der Waals surface area contributed by atoms with Gasteiger partial charge in [-0.2, -0.15) is 0 Å². The van der Waals surface area contributed by atoms with Crippen LogP contribution >= 0.6 is 0 Å². The lowest BCUT2D eigenvalue weighted by molar-refractivity contribution is -0.135. The van der Waals surface area contributed by atoms with Gasteiger partial charge in [-0.1, -0.05) is 31.5 Å². The van der Waals surface area contributed by atoms with Crippen molar-refractivity contribution >= 4 is 17.9 Å². The molecule has 0 saturated carbocycles. The van der Waals surface area contributed by atoms with Crippen LogP contribution < -0.4 is 0 Å². The van der Waals surface area contributed by atoms with Gasteiger partial charge < -0.3 is 4.74 Å². The third-order valence-corrected chi connectivity index (χ3v) is 1.82. The summed E-state index contributed by atoms with van der Waals surface area (Å²) >= 11 is 0. The van der Waals surface area contributed by atoms with E-state index in [1.54, 1.807) is 0 Å². The number of nitrogens with zero attached hydrogens (tertiary/aromatic N) is 1. The lowest BCUT2D eigenvalue weighted by Crippen LogP contribution is -2.06. The number of aliphatic imine (C=N–C) groups is 1. The molecule has 1 aromatic carbocycles. The second-order valence-electron chi connectivity index (χ2n) is 3.11. The largest absolute Gasteiger partial charge is 0.461 e. The van der Waals surface area contributed by atoms with Gasteiger partial charge in [-0.15, -0.1) is 0 Å². The average molecular weight is 205 g/mol. The molecule has 0 spiro atoms. The maximum Gasteiger partial charge on any atom is 0.349 e. The maximum atomic E-state index is 11.1. The van der Waals surface area contributed by atoms with Crippen LogP contribution in [0.4, 0.5) is 5.69 Å². The third-order valence-electron chi connectivity index (χ3n) is 1.82. The van der Waals surface area contributed by atoms with Gasteiger partial charge >= 0.3 is 5.97 Å². The topological polar surface area (TPSA) is 38.7 Å². The van der Waals surface area contributed by atoms with Crippen LogP contribution in [0.3, 0.4) is 0 Å². The summed E-state index contributed by atoms with van der Waals surface area (Å²) in [6.07, 6.45) is 3.12. The van der Waals surface area contributed by atoms with Gasteiger partial charge in [0.05, 0.1) is 12.3 Å². The zero-order chi connectivity index (χ0) is 10.9. The Kier molecular flexibility index (Phi) is 5.15. The normalized spacial score (nSPS) is 10.5. The summed E-state index contributed by atoms with van der Waals surface area (Å²) in [4.78, 5) is 15.1. The van der Waals surface area contributed by atoms with Gasteiger partial charge in [0.15, 0.2) is 0 Å². The Morgan fingerprint density at radius 1 is 1.40 bits per heavy atom. The summed E-state index contributed by atoms with van der Waals surface area (Å²) in [5.41, 5.74) is 0.755. The van der Waals surface area contributed by atoms with E-state index in [-0.39, 0.29) is 5.97 Å². The first-order chi connectivity index (χ1) is 7.33. The van der Waals surface area contributed by atoms with Crippen LogP contribution in [-0.2, 0) is 9.53 Å². The summed E-state index contributed by atoms with van der Waals surface area (Å²) in [5.74, 6) is -0.382. The van der Waals surface area contributed by atoms with Gasteiger partial charge in [0.25, 0.3) is 0 Å². The molecule has 0 aliphatic rings. The van der Waals surface area contributed by atoms with E-state index in [0.29, 0.717) is 6.61 Å². The molecule has 0 aromatic heterocycles. The quantitative estimate of drug-likeness (QED) is 0.421. The molecule has 80 valence electrons. The van der Waals surface area contributed by atoms with Gasteiger partial charge in [0.2, 0.25) is 0 Å². The van der Waals surface area contributed by atoms with E-state index in [2.05, 4.69) is 4.99 Å². The molecule has 0 aliphatic heterocycles. The number of hydrogen-bond donors (Lipinski definition) is 0. The van der Waals surface area contributed by atoms with Crippen LogP contribution in [0.5, 0.6) is 0 Å². The molecular formula is C12H15NO2. The molecule has 0 unspecified atom stereocenters. The van der Waals surface area contributed by atoms with E-state index in [9.17, 15) is 4.79 Å². The van der Waals surface area contributed by atoms with Crippen molar-refractivity contribution in [1.82, 2.24) is 0 Å². The molecule has 0 radical (unpaired) electrons. The van der Waals surface area contributed by atoms with Crippen molar-refractivity contribution in [2.24, 2.45) is 4.99 Å². The van der Waals surface area contributed by atoms with Crippen LogP contribution in [0.1, 0.15) is 19.8 Å². The Morgan fingerprint density at radius 2 is 2.13 bits per heavy atom. The number of ether oxygens (including phenoxy) is 1. The molecule has 15 heavy (non-hydrogen) atoms. The molecular weight excluding hydrogens is 190 g/mol. The lowest BCUT2D eigenvalue weighted by Gasteiger charge is -1.98. The fraction of sp³-hybridized carbons (Fsp3) is 0.333. The van der Waals surface area contributed by atoms with Gasteiger partial charge in [0, 0.05) is 0 Å². The van der Waals surface area contributed by atoms with Crippen molar-refractivity contribution in [1.29, 1.82) is 0 Å². The number of unbranched alkanes of at least 4 members (excludes halogenated alkanes) is 1. The predicted octanol–water partition coefficient (Wildman–Crippen LogP) is 2.73. The summed E-state index contributed by atoms with van der Waals surface area (Å²) in [7, 11) is 0. The fourth-order valence-electron chi connectivity index (χ4n) is 0.996. The van der Waals surface area contributed by atoms with Crippen LogP contribution in [0.2, 0.25) is 0 Å². The Hall–Kier alpha value is -1.64. The monoisotopic (exact) mass is 205 g/mol. The van der Waals surface area contributed by atoms with E-state index < -0.39 is 0 Å². The highest BCUT2D eigenvalue weighted by molar-refractivity contribution is 6.23. The molecule has 3 heteroatoms. The Bertz CT molecular complexity index is 320. The standard InChI is InChI=1S/C12H15NO2/c1-2-3-9-15-12(14)10-13-11-7-5-4-6-8-11/h4-8,10H,2-3,9H2,1H3. The molecule has 1 rings (SSSR count). The molecule has 0 fully saturated rings.